The van der Waals surface area contributed by atoms with Gasteiger partial charge in [0, 0.05) is 16.4 Å². The van der Waals surface area contributed by atoms with Crippen LogP contribution in [0.1, 0.15) is 21.6 Å². The molecule has 0 bridgehead atoms. The Hall–Kier alpha value is -1.55. The highest BCUT2D eigenvalue weighted by Gasteiger charge is 2.10. The van der Waals surface area contributed by atoms with Gasteiger partial charge in [-0.3, -0.25) is 4.79 Å². The molecule has 0 unspecified atom stereocenters. The van der Waals surface area contributed by atoms with Gasteiger partial charge >= 0.3 is 0 Å². The van der Waals surface area contributed by atoms with E-state index < -0.39 is 0 Å². The van der Waals surface area contributed by atoms with Crippen LogP contribution in [0.25, 0.3) is 0 Å². The smallest absolute Gasteiger partial charge is 0.272 e. The summed E-state index contributed by atoms with van der Waals surface area (Å²) in [6, 6.07) is 7.69. The number of aromatic amines is 1. The highest BCUT2D eigenvalue weighted by molar-refractivity contribution is 9.10. The summed E-state index contributed by atoms with van der Waals surface area (Å²) in [5.41, 5.74) is 3.54. The topological polar surface area (TPSA) is 44.9 Å². The molecule has 3 nitrogen and oxygen atoms in total. The third-order valence-electron chi connectivity index (χ3n) is 2.61. The minimum atomic E-state index is -0.131. The molecule has 4 heteroatoms. The monoisotopic (exact) mass is 292 g/mol. The number of carbonyl (C=O) groups is 1. The summed E-state index contributed by atoms with van der Waals surface area (Å²) >= 11 is 3.30. The van der Waals surface area contributed by atoms with E-state index in [0.717, 1.165) is 21.3 Å². The van der Waals surface area contributed by atoms with Gasteiger partial charge < -0.3 is 10.3 Å². The lowest BCUT2D eigenvalue weighted by Gasteiger charge is -2.10. The number of benzene rings is 1. The number of H-pyrrole nitrogens is 1. The van der Waals surface area contributed by atoms with Gasteiger partial charge in [0.25, 0.3) is 5.91 Å². The molecule has 0 aliphatic heterocycles. The standard InChI is InChI=1S/C13H13BrN2O/c1-8-4-3-5-9(2)12(8)16-13(17)11-6-10(14)7-15-11/h3-7,15H,1-2H3,(H,16,17). The molecular weight excluding hydrogens is 280 g/mol. The average molecular weight is 293 g/mol. The number of para-hydroxylation sites is 1. The van der Waals surface area contributed by atoms with Crippen LogP contribution in [0.3, 0.4) is 0 Å². The minimum Gasteiger partial charge on any atom is -0.356 e. The van der Waals surface area contributed by atoms with Crippen molar-refractivity contribution >= 4 is 27.5 Å². The first-order valence-electron chi connectivity index (χ1n) is 5.29. The molecule has 0 saturated heterocycles. The Kier molecular flexibility index (Phi) is 3.33. The van der Waals surface area contributed by atoms with Gasteiger partial charge in [0.1, 0.15) is 5.69 Å². The summed E-state index contributed by atoms with van der Waals surface area (Å²) in [4.78, 5) is 14.9. The van der Waals surface area contributed by atoms with E-state index in [1.165, 1.54) is 0 Å². The molecule has 0 saturated carbocycles. The Morgan fingerprint density at radius 3 is 2.47 bits per heavy atom. The number of rotatable bonds is 2. The lowest BCUT2D eigenvalue weighted by molar-refractivity contribution is 0.102. The van der Waals surface area contributed by atoms with Gasteiger partial charge in [0.05, 0.1) is 0 Å². The molecule has 2 rings (SSSR count). The molecule has 0 radical (unpaired) electrons. The van der Waals surface area contributed by atoms with E-state index in [0.29, 0.717) is 5.69 Å². The average Bonchev–Trinajstić information content (AvgIpc) is 2.70. The van der Waals surface area contributed by atoms with Crippen molar-refractivity contribution in [2.75, 3.05) is 5.32 Å². The molecule has 0 aliphatic carbocycles. The second-order valence-electron chi connectivity index (χ2n) is 3.95. The maximum Gasteiger partial charge on any atom is 0.272 e. The second kappa shape index (κ2) is 4.75. The molecule has 2 N–H and O–H groups in total. The number of aryl methyl sites for hydroxylation is 2. The molecule has 0 aliphatic rings. The Morgan fingerprint density at radius 1 is 1.29 bits per heavy atom. The number of halogens is 1. The van der Waals surface area contributed by atoms with E-state index in [1.54, 1.807) is 12.3 Å². The van der Waals surface area contributed by atoms with E-state index in [-0.39, 0.29) is 5.91 Å². The summed E-state index contributed by atoms with van der Waals surface area (Å²) in [6.07, 6.45) is 1.74. The summed E-state index contributed by atoms with van der Waals surface area (Å²) in [5, 5.41) is 2.92. The van der Waals surface area contributed by atoms with Crippen LogP contribution in [0.5, 0.6) is 0 Å². The predicted octanol–water partition coefficient (Wildman–Crippen LogP) is 3.65. The third-order valence-corrected chi connectivity index (χ3v) is 3.07. The molecule has 0 fully saturated rings. The first kappa shape index (κ1) is 11.9. The lowest BCUT2D eigenvalue weighted by Crippen LogP contribution is -2.14. The van der Waals surface area contributed by atoms with E-state index in [9.17, 15) is 4.79 Å². The largest absolute Gasteiger partial charge is 0.356 e. The van der Waals surface area contributed by atoms with Crippen LogP contribution in [-0.2, 0) is 0 Å². The predicted molar refractivity (Wildman–Crippen MR) is 72.4 cm³/mol. The SMILES string of the molecule is Cc1cccc(C)c1NC(=O)c1cc(Br)c[nH]1. The summed E-state index contributed by atoms with van der Waals surface area (Å²) in [7, 11) is 0. The van der Waals surface area contributed by atoms with E-state index >= 15 is 0 Å². The van der Waals surface area contributed by atoms with Crippen molar-refractivity contribution in [2.45, 2.75) is 13.8 Å². The highest BCUT2D eigenvalue weighted by atomic mass is 79.9. The number of aromatic nitrogens is 1. The molecule has 88 valence electrons. The van der Waals surface area contributed by atoms with Crippen molar-refractivity contribution in [3.8, 4) is 0 Å². The van der Waals surface area contributed by atoms with Gasteiger partial charge in [-0.25, -0.2) is 0 Å². The van der Waals surface area contributed by atoms with Gasteiger partial charge in [-0.1, -0.05) is 18.2 Å². The lowest BCUT2D eigenvalue weighted by atomic mass is 10.1. The number of hydrogen-bond acceptors (Lipinski definition) is 1. The van der Waals surface area contributed by atoms with E-state index in [1.807, 2.05) is 32.0 Å². The first-order chi connectivity index (χ1) is 8.08. The Bertz CT molecular complexity index is 540. The molecule has 0 atom stereocenters. The van der Waals surface area contributed by atoms with Gasteiger partial charge in [-0.05, 0) is 47.0 Å². The van der Waals surface area contributed by atoms with Crippen molar-refractivity contribution in [3.05, 3.63) is 51.8 Å². The van der Waals surface area contributed by atoms with Crippen molar-refractivity contribution in [1.82, 2.24) is 4.98 Å². The van der Waals surface area contributed by atoms with Gasteiger partial charge in [0.15, 0.2) is 0 Å². The van der Waals surface area contributed by atoms with E-state index in [4.69, 9.17) is 0 Å². The quantitative estimate of drug-likeness (QED) is 0.872. The van der Waals surface area contributed by atoms with Crippen LogP contribution in [0.4, 0.5) is 5.69 Å². The highest BCUT2D eigenvalue weighted by Crippen LogP contribution is 2.20. The Labute approximate surface area is 108 Å². The number of hydrogen-bond donors (Lipinski definition) is 2. The van der Waals surface area contributed by atoms with Crippen LogP contribution in [-0.4, -0.2) is 10.9 Å². The fourth-order valence-electron chi connectivity index (χ4n) is 1.69. The number of amides is 1. The van der Waals surface area contributed by atoms with Crippen LogP contribution in [0.2, 0.25) is 0 Å². The first-order valence-corrected chi connectivity index (χ1v) is 6.08. The van der Waals surface area contributed by atoms with Crippen LogP contribution >= 0.6 is 15.9 Å². The number of anilines is 1. The van der Waals surface area contributed by atoms with Crippen molar-refractivity contribution < 1.29 is 4.79 Å². The molecule has 17 heavy (non-hydrogen) atoms. The van der Waals surface area contributed by atoms with Crippen molar-refractivity contribution in [2.24, 2.45) is 0 Å². The molecule has 2 aromatic rings. The van der Waals surface area contributed by atoms with Crippen LogP contribution < -0.4 is 5.32 Å². The molecule has 1 heterocycles. The normalized spacial score (nSPS) is 10.3. The fraction of sp³-hybridized carbons (Fsp3) is 0.154. The summed E-state index contributed by atoms with van der Waals surface area (Å²) < 4.78 is 0.865. The zero-order valence-electron chi connectivity index (χ0n) is 9.67. The van der Waals surface area contributed by atoms with E-state index in [2.05, 4.69) is 26.2 Å². The molecule has 1 aromatic heterocycles. The fourth-order valence-corrected chi connectivity index (χ4v) is 2.03. The van der Waals surface area contributed by atoms with Crippen molar-refractivity contribution in [3.63, 3.8) is 0 Å². The number of nitrogens with one attached hydrogen (secondary N) is 2. The second-order valence-corrected chi connectivity index (χ2v) is 4.87. The van der Waals surface area contributed by atoms with Gasteiger partial charge in [-0.15, -0.1) is 0 Å². The number of carbonyl (C=O) groups excluding carboxylic acids is 1. The Balaban J connectivity index is 2.24. The molecule has 0 spiro atoms. The molecule has 1 amide bonds. The van der Waals surface area contributed by atoms with Gasteiger partial charge in [-0.2, -0.15) is 0 Å². The van der Waals surface area contributed by atoms with Gasteiger partial charge in [0.2, 0.25) is 0 Å². The van der Waals surface area contributed by atoms with Crippen LogP contribution in [0, 0.1) is 13.8 Å². The Morgan fingerprint density at radius 2 is 1.94 bits per heavy atom. The molecule has 1 aromatic carbocycles. The summed E-state index contributed by atoms with van der Waals surface area (Å²) in [6.45, 7) is 3.96. The van der Waals surface area contributed by atoms with Crippen molar-refractivity contribution in [1.29, 1.82) is 0 Å². The summed E-state index contributed by atoms with van der Waals surface area (Å²) in [5.74, 6) is -0.131. The zero-order chi connectivity index (χ0) is 12.4. The third kappa shape index (κ3) is 2.58. The maximum absolute atomic E-state index is 12.0. The minimum absolute atomic E-state index is 0.131. The zero-order valence-corrected chi connectivity index (χ0v) is 11.3. The van der Waals surface area contributed by atoms with Crippen LogP contribution in [0.15, 0.2) is 34.9 Å². The molecular formula is C13H13BrN2O. The maximum atomic E-state index is 12.0.